The summed E-state index contributed by atoms with van der Waals surface area (Å²) in [6, 6.07) is 0. The predicted molar refractivity (Wildman–Crippen MR) is 59.1 cm³/mol. The summed E-state index contributed by atoms with van der Waals surface area (Å²) in [4.78, 5) is 12.1. The first-order valence-corrected chi connectivity index (χ1v) is 5.74. The van der Waals surface area contributed by atoms with E-state index in [0.29, 0.717) is 12.8 Å². The van der Waals surface area contributed by atoms with Crippen molar-refractivity contribution in [2.75, 3.05) is 14.2 Å². The fourth-order valence-electron chi connectivity index (χ4n) is 2.37. The molecule has 0 saturated heterocycles. The molecule has 3 nitrogen and oxygen atoms in total. The lowest BCUT2D eigenvalue weighted by Gasteiger charge is -2.37. The van der Waals surface area contributed by atoms with Crippen molar-refractivity contribution < 1.29 is 18.7 Å². The van der Waals surface area contributed by atoms with Gasteiger partial charge >= 0.3 is 0 Å². The first-order valence-electron chi connectivity index (χ1n) is 5.74. The maximum atomic E-state index is 13.4. The maximum Gasteiger partial charge on any atom is 0.143 e. The molecule has 1 aliphatic rings. The number of ether oxygens (including phenoxy) is 2. The fourth-order valence-corrected chi connectivity index (χ4v) is 2.37. The number of methoxy groups -OCH3 is 2. The molecule has 0 aromatic rings. The number of ketones is 1. The molecule has 94 valence electrons. The van der Waals surface area contributed by atoms with Crippen LogP contribution in [0.5, 0.6) is 0 Å². The molecule has 0 radical (unpaired) electrons. The molecule has 0 heterocycles. The molecule has 1 saturated carbocycles. The van der Waals surface area contributed by atoms with Gasteiger partial charge in [-0.1, -0.05) is 13.8 Å². The van der Waals surface area contributed by atoms with Crippen molar-refractivity contribution in [3.8, 4) is 0 Å². The van der Waals surface area contributed by atoms with Crippen LogP contribution in [0.2, 0.25) is 0 Å². The summed E-state index contributed by atoms with van der Waals surface area (Å²) in [7, 11) is 3.05. The van der Waals surface area contributed by atoms with Gasteiger partial charge in [-0.15, -0.1) is 0 Å². The molecule has 4 heteroatoms. The molecule has 0 amide bonds. The minimum atomic E-state index is -0.939. The van der Waals surface area contributed by atoms with Gasteiger partial charge in [0, 0.05) is 33.0 Å². The molecule has 16 heavy (non-hydrogen) atoms. The average molecular weight is 232 g/mol. The van der Waals surface area contributed by atoms with Crippen LogP contribution in [0.1, 0.15) is 26.7 Å². The molecule has 0 N–H and O–H groups in total. The van der Waals surface area contributed by atoms with Crippen LogP contribution in [0.4, 0.5) is 4.39 Å². The molecule has 0 aliphatic heterocycles. The third kappa shape index (κ3) is 2.80. The zero-order valence-electron chi connectivity index (χ0n) is 10.4. The highest BCUT2D eigenvalue weighted by atomic mass is 19.1. The Bertz CT molecular complexity index is 228. The second kappa shape index (κ2) is 5.73. The Labute approximate surface area is 96.3 Å². The highest BCUT2D eigenvalue weighted by molar-refractivity contribution is 5.84. The van der Waals surface area contributed by atoms with Crippen LogP contribution in [0.15, 0.2) is 0 Å². The van der Waals surface area contributed by atoms with Gasteiger partial charge in [-0.2, -0.15) is 0 Å². The second-order valence-corrected chi connectivity index (χ2v) is 4.70. The molecule has 0 bridgehead atoms. The second-order valence-electron chi connectivity index (χ2n) is 4.70. The van der Waals surface area contributed by atoms with Crippen molar-refractivity contribution in [3.05, 3.63) is 0 Å². The summed E-state index contributed by atoms with van der Waals surface area (Å²) in [5.74, 6) is -0.302. The van der Waals surface area contributed by atoms with E-state index in [1.165, 1.54) is 14.2 Å². The summed E-state index contributed by atoms with van der Waals surface area (Å²) >= 11 is 0. The van der Waals surface area contributed by atoms with Crippen molar-refractivity contribution in [2.45, 2.75) is 45.1 Å². The average Bonchev–Trinajstić information content (AvgIpc) is 2.26. The molecular formula is C12H21FO3. The van der Waals surface area contributed by atoms with E-state index < -0.39 is 6.17 Å². The first-order chi connectivity index (χ1) is 7.51. The Morgan fingerprint density at radius 2 is 1.62 bits per heavy atom. The minimum Gasteiger partial charge on any atom is -0.380 e. The van der Waals surface area contributed by atoms with Crippen LogP contribution in [0.25, 0.3) is 0 Å². The molecule has 2 unspecified atom stereocenters. The number of alkyl halides is 1. The topological polar surface area (TPSA) is 35.5 Å². The van der Waals surface area contributed by atoms with E-state index in [2.05, 4.69) is 0 Å². The Morgan fingerprint density at radius 1 is 1.19 bits per heavy atom. The van der Waals surface area contributed by atoms with Gasteiger partial charge in [0.15, 0.2) is 0 Å². The first kappa shape index (κ1) is 13.6. The smallest absolute Gasteiger partial charge is 0.143 e. The number of carbonyl (C=O) groups excluding carboxylic acids is 1. The summed E-state index contributed by atoms with van der Waals surface area (Å²) in [5, 5.41) is 0. The summed E-state index contributed by atoms with van der Waals surface area (Å²) in [6.07, 6.45) is -1.07. The van der Waals surface area contributed by atoms with Crippen molar-refractivity contribution in [2.24, 2.45) is 11.8 Å². The minimum absolute atomic E-state index is 0.0727. The van der Waals surface area contributed by atoms with Gasteiger partial charge in [0.2, 0.25) is 0 Å². The van der Waals surface area contributed by atoms with E-state index >= 15 is 0 Å². The van der Waals surface area contributed by atoms with Gasteiger partial charge < -0.3 is 9.47 Å². The molecule has 0 aromatic heterocycles. The number of hydrogen-bond acceptors (Lipinski definition) is 3. The summed E-state index contributed by atoms with van der Waals surface area (Å²) in [6.45, 7) is 3.70. The van der Waals surface area contributed by atoms with E-state index in [1.54, 1.807) is 0 Å². The van der Waals surface area contributed by atoms with E-state index in [4.69, 9.17) is 9.47 Å². The SMILES string of the molecule is COC1CC(F)CC(OC)C1C(=O)C(C)C. The molecular weight excluding hydrogens is 211 g/mol. The Hall–Kier alpha value is -0.480. The highest BCUT2D eigenvalue weighted by Gasteiger charge is 2.43. The van der Waals surface area contributed by atoms with E-state index in [-0.39, 0.29) is 29.8 Å². The zero-order chi connectivity index (χ0) is 12.3. The van der Waals surface area contributed by atoms with E-state index in [0.717, 1.165) is 0 Å². The number of carbonyl (C=O) groups is 1. The van der Waals surface area contributed by atoms with Gasteiger partial charge in [-0.3, -0.25) is 4.79 Å². The maximum absolute atomic E-state index is 13.4. The normalized spacial score (nSPS) is 35.4. The molecule has 0 aromatic carbocycles. The lowest BCUT2D eigenvalue weighted by atomic mass is 9.77. The van der Waals surface area contributed by atoms with Crippen LogP contribution in [0, 0.1) is 11.8 Å². The number of hydrogen-bond donors (Lipinski definition) is 0. The van der Waals surface area contributed by atoms with Crippen LogP contribution in [-0.2, 0) is 14.3 Å². The van der Waals surface area contributed by atoms with Crippen LogP contribution in [0.3, 0.4) is 0 Å². The van der Waals surface area contributed by atoms with Crippen LogP contribution in [-0.4, -0.2) is 38.4 Å². The molecule has 1 aliphatic carbocycles. The fraction of sp³-hybridized carbons (Fsp3) is 0.917. The van der Waals surface area contributed by atoms with Crippen molar-refractivity contribution in [1.29, 1.82) is 0 Å². The number of rotatable bonds is 4. The quantitative estimate of drug-likeness (QED) is 0.743. The van der Waals surface area contributed by atoms with Crippen molar-refractivity contribution >= 4 is 5.78 Å². The Kier molecular flexibility index (Phi) is 4.87. The van der Waals surface area contributed by atoms with Gasteiger partial charge in [0.05, 0.1) is 18.1 Å². The van der Waals surface area contributed by atoms with Crippen LogP contribution < -0.4 is 0 Å². The summed E-state index contributed by atoms with van der Waals surface area (Å²) < 4.78 is 23.9. The third-order valence-corrected chi connectivity index (χ3v) is 3.28. The third-order valence-electron chi connectivity index (χ3n) is 3.28. The standard InChI is InChI=1S/C12H21FO3/c1-7(2)12(14)11-9(15-3)5-8(13)6-10(11)16-4/h7-11H,5-6H2,1-4H3. The highest BCUT2D eigenvalue weighted by Crippen LogP contribution is 2.33. The van der Waals surface area contributed by atoms with Crippen molar-refractivity contribution in [3.63, 3.8) is 0 Å². The number of halogens is 1. The van der Waals surface area contributed by atoms with Gasteiger partial charge in [0.25, 0.3) is 0 Å². The monoisotopic (exact) mass is 232 g/mol. The van der Waals surface area contributed by atoms with E-state index in [9.17, 15) is 9.18 Å². The molecule has 0 spiro atoms. The van der Waals surface area contributed by atoms with Gasteiger partial charge in [-0.25, -0.2) is 4.39 Å². The number of Topliss-reactive ketones (excluding diaryl/α,β-unsaturated/α-hetero) is 1. The Balaban J connectivity index is 2.85. The van der Waals surface area contributed by atoms with Crippen LogP contribution >= 0.6 is 0 Å². The Morgan fingerprint density at radius 3 is 1.94 bits per heavy atom. The largest absolute Gasteiger partial charge is 0.380 e. The predicted octanol–water partition coefficient (Wildman–Crippen LogP) is 1.99. The van der Waals surface area contributed by atoms with Gasteiger partial charge in [0.1, 0.15) is 12.0 Å². The van der Waals surface area contributed by atoms with Gasteiger partial charge in [-0.05, 0) is 0 Å². The molecule has 1 rings (SSSR count). The lowest BCUT2D eigenvalue weighted by Crippen LogP contribution is -2.48. The summed E-state index contributed by atoms with van der Waals surface area (Å²) in [5.41, 5.74) is 0. The van der Waals surface area contributed by atoms with E-state index in [1.807, 2.05) is 13.8 Å². The lowest BCUT2D eigenvalue weighted by molar-refractivity contribution is -0.145. The van der Waals surface area contributed by atoms with Crippen molar-refractivity contribution in [1.82, 2.24) is 0 Å². The zero-order valence-corrected chi connectivity index (χ0v) is 10.4. The molecule has 1 fully saturated rings. The molecule has 2 atom stereocenters.